The molecule has 30 heavy (non-hydrogen) atoms. The first-order valence-electron chi connectivity index (χ1n) is 9.11. The predicted octanol–water partition coefficient (Wildman–Crippen LogP) is 4.09. The summed E-state index contributed by atoms with van der Waals surface area (Å²) in [5.41, 5.74) is 2.71. The van der Waals surface area contributed by atoms with Crippen molar-refractivity contribution in [2.75, 3.05) is 16.3 Å². The van der Waals surface area contributed by atoms with Crippen LogP contribution in [0.5, 0.6) is 0 Å². The number of amides is 1. The average molecular weight is 443 g/mol. The molecule has 1 amide bonds. The highest BCUT2D eigenvalue weighted by Gasteiger charge is 2.18. The Morgan fingerprint density at radius 2 is 1.60 bits per heavy atom. The zero-order chi connectivity index (χ0) is 21.9. The fourth-order valence-corrected chi connectivity index (χ4v) is 4.73. The lowest BCUT2D eigenvalue weighted by atomic mass is 10.2. The minimum Gasteiger partial charge on any atom is -0.322 e. The maximum absolute atomic E-state index is 12.9. The van der Waals surface area contributed by atoms with Crippen LogP contribution < -0.4 is 10.0 Å². The molecule has 3 aromatic carbocycles. The number of nitrogens with one attached hydrogen (secondary N) is 2. The third-order valence-electron chi connectivity index (χ3n) is 4.45. The maximum atomic E-state index is 12.9. The third-order valence-corrected chi connectivity index (χ3v) is 6.91. The van der Waals surface area contributed by atoms with E-state index in [1.54, 1.807) is 67.8 Å². The summed E-state index contributed by atoms with van der Waals surface area (Å²) < 4.78 is 39.8. The molecule has 0 aliphatic carbocycles. The maximum Gasteiger partial charge on any atom is 0.262 e. The summed E-state index contributed by atoms with van der Waals surface area (Å²) in [6, 6.07) is 18.2. The third kappa shape index (κ3) is 5.14. The largest absolute Gasteiger partial charge is 0.322 e. The van der Waals surface area contributed by atoms with E-state index in [2.05, 4.69) is 10.0 Å². The molecule has 3 aromatic rings. The molecule has 0 spiro atoms. The molecule has 6 nitrogen and oxygen atoms in total. The van der Waals surface area contributed by atoms with E-state index in [-0.39, 0.29) is 10.8 Å². The van der Waals surface area contributed by atoms with Gasteiger partial charge in [-0.3, -0.25) is 13.7 Å². The first-order chi connectivity index (χ1) is 14.2. The lowest BCUT2D eigenvalue weighted by Crippen LogP contribution is -2.16. The first kappa shape index (κ1) is 21.7. The van der Waals surface area contributed by atoms with Crippen LogP contribution in [0.15, 0.2) is 76.5 Å². The Balaban J connectivity index is 1.83. The van der Waals surface area contributed by atoms with Crippen LogP contribution in [-0.4, -0.2) is 24.8 Å². The van der Waals surface area contributed by atoms with E-state index < -0.39 is 20.8 Å². The highest BCUT2D eigenvalue weighted by molar-refractivity contribution is 7.92. The van der Waals surface area contributed by atoms with Gasteiger partial charge in [0.25, 0.3) is 15.9 Å². The van der Waals surface area contributed by atoms with Gasteiger partial charge >= 0.3 is 0 Å². The molecule has 3 rings (SSSR count). The molecule has 0 aliphatic heterocycles. The lowest BCUT2D eigenvalue weighted by Gasteiger charge is -2.13. The highest BCUT2D eigenvalue weighted by Crippen LogP contribution is 2.24. The number of aryl methyl sites for hydroxylation is 2. The minimum absolute atomic E-state index is 0.0820. The number of carbonyl (C=O) groups is 1. The fraction of sp³-hybridized carbons (Fsp3) is 0.136. The second-order valence-corrected chi connectivity index (χ2v) is 9.92. The van der Waals surface area contributed by atoms with Gasteiger partial charge in [0.1, 0.15) is 0 Å². The van der Waals surface area contributed by atoms with Gasteiger partial charge in [0.15, 0.2) is 0 Å². The number of anilines is 2. The average Bonchev–Trinajstić information content (AvgIpc) is 2.69. The number of sulfonamides is 1. The zero-order valence-electron chi connectivity index (χ0n) is 16.8. The van der Waals surface area contributed by atoms with Crippen molar-refractivity contribution < 1.29 is 17.4 Å². The monoisotopic (exact) mass is 442 g/mol. The second kappa shape index (κ2) is 8.81. The van der Waals surface area contributed by atoms with Crippen LogP contribution in [-0.2, 0) is 20.8 Å². The van der Waals surface area contributed by atoms with Gasteiger partial charge in [0.05, 0.1) is 4.90 Å². The molecule has 156 valence electrons. The Labute approximate surface area is 178 Å². The molecule has 0 aromatic heterocycles. The van der Waals surface area contributed by atoms with E-state index >= 15 is 0 Å². The summed E-state index contributed by atoms with van der Waals surface area (Å²) in [6.45, 7) is 3.57. The number of rotatable bonds is 6. The summed E-state index contributed by atoms with van der Waals surface area (Å²) in [7, 11) is -4.96. The van der Waals surface area contributed by atoms with Gasteiger partial charge in [-0.25, -0.2) is 8.42 Å². The summed E-state index contributed by atoms with van der Waals surface area (Å²) in [4.78, 5) is 13.2. The molecule has 0 saturated heterocycles. The van der Waals surface area contributed by atoms with Gasteiger partial charge in [-0.2, -0.15) is 0 Å². The van der Waals surface area contributed by atoms with Crippen molar-refractivity contribution in [1.82, 2.24) is 0 Å². The number of carbonyl (C=O) groups excluding carboxylic acids is 1. The van der Waals surface area contributed by atoms with Crippen LogP contribution >= 0.6 is 0 Å². The van der Waals surface area contributed by atoms with Crippen molar-refractivity contribution >= 4 is 38.1 Å². The van der Waals surface area contributed by atoms with Crippen LogP contribution in [0.25, 0.3) is 0 Å². The van der Waals surface area contributed by atoms with Crippen molar-refractivity contribution in [2.24, 2.45) is 0 Å². The molecule has 0 heterocycles. The van der Waals surface area contributed by atoms with Crippen LogP contribution in [0.4, 0.5) is 11.4 Å². The topological polar surface area (TPSA) is 92.3 Å². The molecule has 1 unspecified atom stereocenters. The van der Waals surface area contributed by atoms with Crippen molar-refractivity contribution in [2.45, 2.75) is 23.6 Å². The molecule has 0 saturated carbocycles. The van der Waals surface area contributed by atoms with E-state index in [0.29, 0.717) is 27.4 Å². The second-order valence-electron chi connectivity index (χ2n) is 6.89. The number of benzene rings is 3. The quantitative estimate of drug-likeness (QED) is 0.601. The summed E-state index contributed by atoms with van der Waals surface area (Å²) in [5, 5.41) is 2.71. The van der Waals surface area contributed by atoms with Gasteiger partial charge in [0, 0.05) is 38.9 Å². The molecule has 0 fully saturated rings. The summed E-state index contributed by atoms with van der Waals surface area (Å²) in [6.07, 6.45) is 1.56. The molecule has 0 bridgehead atoms. The van der Waals surface area contributed by atoms with Gasteiger partial charge in [-0.1, -0.05) is 18.2 Å². The lowest BCUT2D eigenvalue weighted by molar-refractivity contribution is 0.102. The molecule has 0 aliphatic rings. The Hall–Kier alpha value is -2.97. The smallest absolute Gasteiger partial charge is 0.262 e. The molecule has 1 atom stereocenters. The number of hydrogen-bond donors (Lipinski definition) is 2. The van der Waals surface area contributed by atoms with Crippen LogP contribution in [0.3, 0.4) is 0 Å². The van der Waals surface area contributed by atoms with E-state index in [1.807, 2.05) is 13.0 Å². The van der Waals surface area contributed by atoms with Crippen molar-refractivity contribution in [3.63, 3.8) is 0 Å². The molecular formula is C22H22N2O4S2. The van der Waals surface area contributed by atoms with E-state index in [4.69, 9.17) is 0 Å². The molecule has 0 radical (unpaired) electrons. The predicted molar refractivity (Wildman–Crippen MR) is 120 cm³/mol. The Morgan fingerprint density at radius 1 is 0.900 bits per heavy atom. The normalized spacial score (nSPS) is 12.2. The van der Waals surface area contributed by atoms with Crippen molar-refractivity contribution in [3.05, 3.63) is 83.4 Å². The SMILES string of the molecule is Cc1cccc(NS(=O)(=O)c2cc(NC(=O)c3ccc(S(C)=O)cc3)ccc2C)c1. The van der Waals surface area contributed by atoms with Crippen LogP contribution in [0, 0.1) is 13.8 Å². The van der Waals surface area contributed by atoms with Crippen molar-refractivity contribution in [1.29, 1.82) is 0 Å². The molecule has 8 heteroatoms. The van der Waals surface area contributed by atoms with E-state index in [1.165, 1.54) is 6.07 Å². The Kier molecular flexibility index (Phi) is 6.38. The van der Waals surface area contributed by atoms with Crippen molar-refractivity contribution in [3.8, 4) is 0 Å². The summed E-state index contributed by atoms with van der Waals surface area (Å²) in [5.74, 6) is -0.387. The van der Waals surface area contributed by atoms with E-state index in [0.717, 1.165) is 5.56 Å². The standard InChI is InChI=1S/C22H22N2O4S2/c1-15-5-4-6-19(13-15)24-30(27,28)21-14-18(10-7-16(21)2)23-22(25)17-8-11-20(12-9-17)29(3)26/h4-14,24H,1-3H3,(H,23,25). The molecule has 2 N–H and O–H groups in total. The van der Waals surface area contributed by atoms with Gasteiger partial charge in [0.2, 0.25) is 0 Å². The Bertz CT molecular complexity index is 1220. The van der Waals surface area contributed by atoms with Crippen LogP contribution in [0.1, 0.15) is 21.5 Å². The Morgan fingerprint density at radius 3 is 2.23 bits per heavy atom. The first-order valence-corrected chi connectivity index (χ1v) is 12.1. The summed E-state index contributed by atoms with van der Waals surface area (Å²) >= 11 is 0. The number of hydrogen-bond acceptors (Lipinski definition) is 4. The zero-order valence-corrected chi connectivity index (χ0v) is 18.4. The van der Waals surface area contributed by atoms with Crippen LogP contribution in [0.2, 0.25) is 0 Å². The van der Waals surface area contributed by atoms with Gasteiger partial charge < -0.3 is 5.32 Å². The molecular weight excluding hydrogens is 420 g/mol. The van der Waals surface area contributed by atoms with Gasteiger partial charge in [-0.05, 0) is 73.5 Å². The van der Waals surface area contributed by atoms with E-state index in [9.17, 15) is 17.4 Å². The van der Waals surface area contributed by atoms with Gasteiger partial charge in [-0.15, -0.1) is 0 Å². The minimum atomic E-state index is -3.83. The fourth-order valence-electron chi connectivity index (χ4n) is 2.89. The highest BCUT2D eigenvalue weighted by atomic mass is 32.2.